The fraction of sp³-hybridized carbons (Fsp3) is 0.500. The maximum Gasteiger partial charge on any atom is 0.264 e. The summed E-state index contributed by atoms with van der Waals surface area (Å²) in [6.45, 7) is 4.93. The molecular formula is C14H21N3O2. The molecule has 1 aromatic rings. The Balaban J connectivity index is 2.23. The third-order valence-corrected chi connectivity index (χ3v) is 3.46. The van der Waals surface area contributed by atoms with Crippen LogP contribution in [-0.4, -0.2) is 32.1 Å². The SMILES string of the molecule is CC(C)C(CN)Nc1ccc2c(c1)N(C)C(=O)CO2. The van der Waals surface area contributed by atoms with Gasteiger partial charge in [0.05, 0.1) is 5.69 Å². The predicted octanol–water partition coefficient (Wildman–Crippen LogP) is 1.44. The number of hydrogen-bond donors (Lipinski definition) is 2. The van der Waals surface area contributed by atoms with Crippen molar-refractivity contribution in [2.24, 2.45) is 11.7 Å². The van der Waals surface area contributed by atoms with Gasteiger partial charge >= 0.3 is 0 Å². The lowest BCUT2D eigenvalue weighted by Crippen LogP contribution is -2.36. The van der Waals surface area contributed by atoms with E-state index in [2.05, 4.69) is 19.2 Å². The van der Waals surface area contributed by atoms with Gasteiger partial charge in [0.25, 0.3) is 5.91 Å². The van der Waals surface area contributed by atoms with E-state index in [0.717, 1.165) is 17.1 Å². The first-order chi connectivity index (χ1) is 9.02. The maximum atomic E-state index is 11.6. The summed E-state index contributed by atoms with van der Waals surface area (Å²) in [7, 11) is 1.76. The van der Waals surface area contributed by atoms with Crippen LogP contribution in [0.2, 0.25) is 0 Å². The second-order valence-corrected chi connectivity index (χ2v) is 5.15. The summed E-state index contributed by atoms with van der Waals surface area (Å²) in [5.41, 5.74) is 7.50. The molecule has 104 valence electrons. The number of nitrogens with zero attached hydrogens (tertiary/aromatic N) is 1. The molecule has 5 nitrogen and oxygen atoms in total. The second-order valence-electron chi connectivity index (χ2n) is 5.15. The molecule has 1 aliphatic rings. The molecule has 1 aromatic carbocycles. The number of nitrogens with one attached hydrogen (secondary N) is 1. The molecule has 0 aliphatic carbocycles. The topological polar surface area (TPSA) is 67.6 Å². The van der Waals surface area contributed by atoms with Gasteiger partial charge in [-0.15, -0.1) is 0 Å². The first kappa shape index (κ1) is 13.7. The minimum absolute atomic E-state index is 0.0381. The van der Waals surface area contributed by atoms with Crippen molar-refractivity contribution in [1.29, 1.82) is 0 Å². The molecule has 5 heteroatoms. The third kappa shape index (κ3) is 2.81. The molecule has 0 aromatic heterocycles. The van der Waals surface area contributed by atoms with Gasteiger partial charge in [-0.1, -0.05) is 13.8 Å². The highest BCUT2D eigenvalue weighted by molar-refractivity contribution is 5.97. The third-order valence-electron chi connectivity index (χ3n) is 3.46. The summed E-state index contributed by atoms with van der Waals surface area (Å²) in [6.07, 6.45) is 0. The molecule has 0 bridgehead atoms. The number of likely N-dealkylation sites (N-methyl/N-ethyl adjacent to an activating group) is 1. The second kappa shape index (κ2) is 5.48. The number of amides is 1. The lowest BCUT2D eigenvalue weighted by molar-refractivity contribution is -0.120. The summed E-state index contributed by atoms with van der Waals surface area (Å²) in [5, 5.41) is 3.40. The summed E-state index contributed by atoms with van der Waals surface area (Å²) < 4.78 is 5.40. The fourth-order valence-electron chi connectivity index (χ4n) is 2.07. The van der Waals surface area contributed by atoms with Crippen LogP contribution in [0, 0.1) is 5.92 Å². The number of carbonyl (C=O) groups is 1. The Bertz CT molecular complexity index is 474. The monoisotopic (exact) mass is 263 g/mol. The molecule has 1 atom stereocenters. The Morgan fingerprint density at radius 1 is 1.47 bits per heavy atom. The van der Waals surface area contributed by atoms with Crippen LogP contribution in [0.1, 0.15) is 13.8 Å². The minimum atomic E-state index is -0.0381. The summed E-state index contributed by atoms with van der Waals surface area (Å²) >= 11 is 0. The van der Waals surface area contributed by atoms with Crippen molar-refractivity contribution in [3.05, 3.63) is 18.2 Å². The molecule has 0 saturated carbocycles. The van der Waals surface area contributed by atoms with E-state index in [1.165, 1.54) is 0 Å². The van der Waals surface area contributed by atoms with Gasteiger partial charge in [-0.2, -0.15) is 0 Å². The number of benzene rings is 1. The van der Waals surface area contributed by atoms with E-state index in [1.54, 1.807) is 11.9 Å². The van der Waals surface area contributed by atoms with Crippen molar-refractivity contribution in [2.75, 3.05) is 30.4 Å². The number of fused-ring (bicyclic) bond motifs is 1. The van der Waals surface area contributed by atoms with Gasteiger partial charge in [0, 0.05) is 25.3 Å². The van der Waals surface area contributed by atoms with E-state index in [1.807, 2.05) is 18.2 Å². The van der Waals surface area contributed by atoms with Crippen LogP contribution in [0.4, 0.5) is 11.4 Å². The van der Waals surface area contributed by atoms with Crippen LogP contribution < -0.4 is 20.7 Å². The van der Waals surface area contributed by atoms with E-state index in [0.29, 0.717) is 12.5 Å². The van der Waals surface area contributed by atoms with Crippen LogP contribution in [-0.2, 0) is 4.79 Å². The molecule has 0 saturated heterocycles. The zero-order valence-corrected chi connectivity index (χ0v) is 11.6. The molecule has 19 heavy (non-hydrogen) atoms. The molecule has 3 N–H and O–H groups in total. The molecule has 0 fully saturated rings. The van der Waals surface area contributed by atoms with Gasteiger partial charge in [-0.3, -0.25) is 4.79 Å². The lowest BCUT2D eigenvalue weighted by atomic mass is 10.0. The highest BCUT2D eigenvalue weighted by atomic mass is 16.5. The largest absolute Gasteiger partial charge is 0.482 e. The predicted molar refractivity (Wildman–Crippen MR) is 76.7 cm³/mol. The normalized spacial score (nSPS) is 16.1. The van der Waals surface area contributed by atoms with Gasteiger partial charge in [0.1, 0.15) is 5.75 Å². The summed E-state index contributed by atoms with van der Waals surface area (Å²) in [6, 6.07) is 5.97. The first-order valence-electron chi connectivity index (χ1n) is 6.53. The van der Waals surface area contributed by atoms with Crippen molar-refractivity contribution >= 4 is 17.3 Å². The smallest absolute Gasteiger partial charge is 0.264 e. The van der Waals surface area contributed by atoms with Crippen LogP contribution in [0.5, 0.6) is 5.75 Å². The Labute approximate surface area is 113 Å². The molecular weight excluding hydrogens is 242 g/mol. The molecule has 1 heterocycles. The molecule has 1 amide bonds. The Kier molecular flexibility index (Phi) is 3.95. The van der Waals surface area contributed by atoms with Crippen LogP contribution in [0.15, 0.2) is 18.2 Å². The van der Waals surface area contributed by atoms with Crippen molar-refractivity contribution in [3.63, 3.8) is 0 Å². The van der Waals surface area contributed by atoms with Crippen LogP contribution >= 0.6 is 0 Å². The Morgan fingerprint density at radius 3 is 2.84 bits per heavy atom. The molecule has 1 aliphatic heterocycles. The fourth-order valence-corrected chi connectivity index (χ4v) is 2.07. The lowest BCUT2D eigenvalue weighted by Gasteiger charge is -2.28. The van der Waals surface area contributed by atoms with Gasteiger partial charge in [-0.05, 0) is 24.1 Å². The highest BCUT2D eigenvalue weighted by Gasteiger charge is 2.22. The zero-order chi connectivity index (χ0) is 14.0. The maximum absolute atomic E-state index is 11.6. The highest BCUT2D eigenvalue weighted by Crippen LogP contribution is 2.33. The summed E-state index contributed by atoms with van der Waals surface area (Å²) in [4.78, 5) is 13.2. The van der Waals surface area contributed by atoms with Crippen molar-refractivity contribution in [2.45, 2.75) is 19.9 Å². The molecule has 2 rings (SSSR count). The quantitative estimate of drug-likeness (QED) is 0.862. The Morgan fingerprint density at radius 2 is 2.21 bits per heavy atom. The minimum Gasteiger partial charge on any atom is -0.482 e. The van der Waals surface area contributed by atoms with Gasteiger partial charge in [-0.25, -0.2) is 0 Å². The first-order valence-corrected chi connectivity index (χ1v) is 6.53. The van der Waals surface area contributed by atoms with Crippen LogP contribution in [0.3, 0.4) is 0 Å². The molecule has 1 unspecified atom stereocenters. The molecule has 0 spiro atoms. The van der Waals surface area contributed by atoms with E-state index in [-0.39, 0.29) is 18.6 Å². The number of anilines is 2. The van der Waals surface area contributed by atoms with E-state index in [9.17, 15) is 4.79 Å². The van der Waals surface area contributed by atoms with Crippen molar-refractivity contribution in [1.82, 2.24) is 0 Å². The molecule has 0 radical (unpaired) electrons. The van der Waals surface area contributed by atoms with Gasteiger partial charge in [0.2, 0.25) is 0 Å². The van der Waals surface area contributed by atoms with E-state index >= 15 is 0 Å². The van der Waals surface area contributed by atoms with E-state index < -0.39 is 0 Å². The number of hydrogen-bond acceptors (Lipinski definition) is 4. The number of ether oxygens (including phenoxy) is 1. The van der Waals surface area contributed by atoms with E-state index in [4.69, 9.17) is 10.5 Å². The van der Waals surface area contributed by atoms with Gasteiger partial charge < -0.3 is 20.7 Å². The summed E-state index contributed by atoms with van der Waals surface area (Å²) in [5.74, 6) is 1.14. The van der Waals surface area contributed by atoms with Crippen LogP contribution in [0.25, 0.3) is 0 Å². The Hall–Kier alpha value is -1.75. The van der Waals surface area contributed by atoms with Crippen molar-refractivity contribution < 1.29 is 9.53 Å². The number of rotatable bonds is 4. The zero-order valence-electron chi connectivity index (χ0n) is 11.6. The van der Waals surface area contributed by atoms with Crippen molar-refractivity contribution in [3.8, 4) is 5.75 Å². The van der Waals surface area contributed by atoms with Gasteiger partial charge in [0.15, 0.2) is 6.61 Å². The number of carbonyl (C=O) groups excluding carboxylic acids is 1. The average molecular weight is 263 g/mol. The average Bonchev–Trinajstić information content (AvgIpc) is 2.40. The number of nitrogens with two attached hydrogens (primary N) is 1. The standard InChI is InChI=1S/C14H21N3O2/c1-9(2)11(7-15)16-10-4-5-13-12(6-10)17(3)14(18)8-19-13/h4-6,9,11,16H,7-8,15H2,1-3H3.